The first-order chi connectivity index (χ1) is 10.1. The van der Waals surface area contributed by atoms with Crippen LogP contribution in [0, 0.1) is 0 Å². The van der Waals surface area contributed by atoms with Crippen LogP contribution < -0.4 is 0 Å². The second-order valence-corrected chi connectivity index (χ2v) is 4.60. The Bertz CT molecular complexity index is 481. The van der Waals surface area contributed by atoms with E-state index in [1.807, 2.05) is 0 Å². The Morgan fingerprint density at radius 1 is 0.667 bits per heavy atom. The van der Waals surface area contributed by atoms with Crippen LogP contribution in [0.4, 0.5) is 61.5 Å². The molecule has 0 aliphatic carbocycles. The molecule has 24 heavy (non-hydrogen) atoms. The van der Waals surface area contributed by atoms with Gasteiger partial charge in [0.25, 0.3) is 5.67 Å². The molecule has 2 nitrogen and oxygen atoms in total. The van der Waals surface area contributed by atoms with Crippen LogP contribution in [0.3, 0.4) is 0 Å². The van der Waals surface area contributed by atoms with Crippen LogP contribution in [0.5, 0.6) is 0 Å². The smallest absolute Gasteiger partial charge is 0.243 e. The van der Waals surface area contributed by atoms with Gasteiger partial charge in [-0.05, 0) is 6.92 Å². The molecule has 1 saturated heterocycles. The Morgan fingerprint density at radius 3 is 1.21 bits per heavy atom. The van der Waals surface area contributed by atoms with Crippen molar-refractivity contribution in [1.82, 2.24) is 4.90 Å². The van der Waals surface area contributed by atoms with Gasteiger partial charge in [-0.3, -0.25) is 0 Å². The predicted octanol–water partition coefficient (Wildman–Crippen LogP) is 4.57. The minimum Gasteiger partial charge on any atom is -0.243 e. The van der Waals surface area contributed by atoms with Gasteiger partial charge in [-0.25, -0.2) is 9.13 Å². The quantitative estimate of drug-likeness (QED) is 0.502. The van der Waals surface area contributed by atoms with Gasteiger partial charge in [0.15, 0.2) is 0 Å². The van der Waals surface area contributed by atoms with Crippen LogP contribution in [0.15, 0.2) is 0 Å². The van der Waals surface area contributed by atoms with Crippen LogP contribution in [-0.2, 0) is 4.74 Å². The number of hydrogen-bond acceptors (Lipinski definition) is 2. The lowest BCUT2D eigenvalue weighted by Crippen LogP contribution is -2.81. The number of hydrogen-bond donors (Lipinski definition) is 0. The van der Waals surface area contributed by atoms with Crippen molar-refractivity contribution in [2.75, 3.05) is 0 Å². The summed E-state index contributed by atoms with van der Waals surface area (Å²) in [7, 11) is 0. The lowest BCUT2D eigenvalue weighted by Gasteiger charge is -2.51. The highest BCUT2D eigenvalue weighted by atomic mass is 19.4. The highest BCUT2D eigenvalue weighted by molar-refractivity contribution is 5.05. The van der Waals surface area contributed by atoms with E-state index >= 15 is 0 Å². The number of rotatable bonds is 2. The molecule has 1 heterocycles. The molecule has 1 fully saturated rings. The van der Waals surface area contributed by atoms with Gasteiger partial charge in [0.2, 0.25) is 0 Å². The fourth-order valence-electron chi connectivity index (χ4n) is 1.45. The third kappa shape index (κ3) is 2.40. The first kappa shape index (κ1) is 21.0. The number of nitrogens with zero attached hydrogens (tertiary/aromatic N) is 1. The normalized spacial score (nSPS) is 29.1. The summed E-state index contributed by atoms with van der Waals surface area (Å²) in [5.74, 6) is 0. The highest BCUT2D eigenvalue weighted by Gasteiger charge is 2.90. The van der Waals surface area contributed by atoms with E-state index in [-0.39, 0.29) is 0 Å². The van der Waals surface area contributed by atoms with E-state index in [9.17, 15) is 61.5 Å². The summed E-state index contributed by atoms with van der Waals surface area (Å²) in [6, 6.07) is -21.6. The van der Waals surface area contributed by atoms with Crippen molar-refractivity contribution in [1.29, 1.82) is 0 Å². The monoisotopic (exact) mass is 395 g/mol. The summed E-state index contributed by atoms with van der Waals surface area (Å²) in [6.45, 7) is -1.27. The van der Waals surface area contributed by atoms with Crippen LogP contribution in [0.25, 0.3) is 0 Å². The molecule has 1 rings (SSSR count). The second-order valence-electron chi connectivity index (χ2n) is 4.60. The second kappa shape index (κ2) is 4.76. The zero-order valence-corrected chi connectivity index (χ0v) is 10.6. The Hall–Kier alpha value is -1.06. The molecule has 0 amide bonds. The Labute approximate surface area is 121 Å². The maximum Gasteiger partial charge on any atom is 0.439 e. The maximum absolute atomic E-state index is 13.4. The van der Waals surface area contributed by atoms with Gasteiger partial charge in [-0.1, -0.05) is 0 Å². The fourth-order valence-corrected chi connectivity index (χ4v) is 1.45. The summed E-state index contributed by atoms with van der Waals surface area (Å²) in [5.41, 5.74) is -6.35. The molecular formula is C8H3F14NO. The van der Waals surface area contributed by atoms with Crippen LogP contribution in [0.2, 0.25) is 0 Å². The molecule has 16 heteroatoms. The summed E-state index contributed by atoms with van der Waals surface area (Å²) >= 11 is 0. The van der Waals surface area contributed by atoms with Gasteiger partial charge < -0.3 is 0 Å². The van der Waals surface area contributed by atoms with E-state index in [1.54, 1.807) is 4.74 Å². The first-order valence-electron chi connectivity index (χ1n) is 5.22. The molecule has 0 saturated carbocycles. The standard InChI is InChI=1S/C8H3F14NO/c1-2(9,3(10,11)12)4(13,14)23-5(15,16)7(19,20)24-8(21,22)6(23,17)18/h1H3. The molecule has 144 valence electrons. The van der Waals surface area contributed by atoms with Crippen molar-refractivity contribution < 1.29 is 66.2 Å². The number of ether oxygens (including phenoxy) is 1. The largest absolute Gasteiger partial charge is 0.439 e. The maximum atomic E-state index is 13.4. The molecule has 1 unspecified atom stereocenters. The summed E-state index contributed by atoms with van der Waals surface area (Å²) in [6.07, 6.45) is -20.5. The Kier molecular flexibility index (Phi) is 4.16. The summed E-state index contributed by atoms with van der Waals surface area (Å²) < 4.78 is 182. The minimum atomic E-state index is -7.27. The van der Waals surface area contributed by atoms with Crippen molar-refractivity contribution in [3.8, 4) is 0 Å². The topological polar surface area (TPSA) is 12.5 Å². The Morgan fingerprint density at radius 2 is 0.958 bits per heavy atom. The predicted molar refractivity (Wildman–Crippen MR) is 43.2 cm³/mol. The van der Waals surface area contributed by atoms with Crippen molar-refractivity contribution >= 4 is 0 Å². The van der Waals surface area contributed by atoms with Gasteiger partial charge in [0.05, 0.1) is 0 Å². The first-order valence-corrected chi connectivity index (χ1v) is 5.22. The molecule has 1 atom stereocenters. The van der Waals surface area contributed by atoms with Crippen LogP contribution in [0.1, 0.15) is 6.92 Å². The molecule has 0 bridgehead atoms. The van der Waals surface area contributed by atoms with Crippen LogP contribution >= 0.6 is 0 Å². The molecule has 1 aliphatic rings. The zero-order valence-electron chi connectivity index (χ0n) is 10.6. The van der Waals surface area contributed by atoms with Gasteiger partial charge in [-0.15, -0.1) is 4.90 Å². The molecular weight excluding hydrogens is 392 g/mol. The van der Waals surface area contributed by atoms with Crippen molar-refractivity contribution in [3.05, 3.63) is 0 Å². The number of halogens is 14. The summed E-state index contributed by atoms with van der Waals surface area (Å²) in [4.78, 5) is -3.83. The van der Waals surface area contributed by atoms with E-state index < -0.39 is 54.0 Å². The molecule has 1 aliphatic heterocycles. The highest BCUT2D eigenvalue weighted by Crippen LogP contribution is 2.61. The van der Waals surface area contributed by atoms with Gasteiger partial charge in [0.1, 0.15) is 0 Å². The lowest BCUT2D eigenvalue weighted by molar-refractivity contribution is -0.593. The fraction of sp³-hybridized carbons (Fsp3) is 1.00. The average molecular weight is 395 g/mol. The average Bonchev–Trinajstić information content (AvgIpc) is 2.21. The van der Waals surface area contributed by atoms with Crippen molar-refractivity contribution in [2.45, 2.75) is 49.1 Å². The number of morpholine rings is 1. The van der Waals surface area contributed by atoms with Gasteiger partial charge in [0, 0.05) is 0 Å². The molecule has 0 radical (unpaired) electrons. The number of alkyl halides is 14. The zero-order chi connectivity index (χ0) is 19.8. The lowest BCUT2D eigenvalue weighted by atomic mass is 10.0. The molecule has 0 spiro atoms. The summed E-state index contributed by atoms with van der Waals surface area (Å²) in [5, 5.41) is 0. The molecule has 0 aromatic rings. The minimum absolute atomic E-state index is 1.27. The van der Waals surface area contributed by atoms with E-state index in [0.29, 0.717) is 0 Å². The molecule has 0 aromatic carbocycles. The molecule has 0 N–H and O–H groups in total. The van der Waals surface area contributed by atoms with E-state index in [1.165, 1.54) is 0 Å². The van der Waals surface area contributed by atoms with Crippen molar-refractivity contribution in [3.63, 3.8) is 0 Å². The SMILES string of the molecule is CC(F)(C(F)(F)F)C(F)(F)N1C(F)(F)C(F)(F)OC(F)(F)C1(F)F. The van der Waals surface area contributed by atoms with E-state index in [0.717, 1.165) is 0 Å². The van der Waals surface area contributed by atoms with Gasteiger partial charge >= 0.3 is 36.5 Å². The van der Waals surface area contributed by atoms with E-state index in [2.05, 4.69) is 0 Å². The third-order valence-corrected chi connectivity index (χ3v) is 2.90. The van der Waals surface area contributed by atoms with Gasteiger partial charge in [-0.2, -0.15) is 57.1 Å². The van der Waals surface area contributed by atoms with Crippen LogP contribution in [-0.4, -0.2) is 47.1 Å². The third-order valence-electron chi connectivity index (χ3n) is 2.90. The molecule has 0 aromatic heterocycles. The van der Waals surface area contributed by atoms with E-state index in [4.69, 9.17) is 0 Å². The Balaban J connectivity index is 3.73. The van der Waals surface area contributed by atoms with Crippen molar-refractivity contribution in [2.24, 2.45) is 0 Å².